The van der Waals surface area contributed by atoms with Gasteiger partial charge in [0.05, 0.1) is 24.6 Å². The first kappa shape index (κ1) is 15.9. The van der Waals surface area contributed by atoms with Crippen LogP contribution in [0.15, 0.2) is 18.2 Å². The van der Waals surface area contributed by atoms with Gasteiger partial charge < -0.3 is 9.30 Å². The normalized spacial score (nSPS) is 13.6. The minimum Gasteiger partial charge on any atom is -0.497 e. The first-order valence-corrected chi connectivity index (χ1v) is 7.06. The molecular weight excluding hydrogens is 305 g/mol. The Bertz CT molecular complexity index is 624. The van der Waals surface area contributed by atoms with Crippen LogP contribution < -0.4 is 4.74 Å². The standard InChI is InChI=1S/C14H16ClF3N2O/c1-9(8-14(16,17)18)20-12-4-3-10(21-2)7-11(12)19-13(20)5-6-15/h3-4,7,9H,5-6,8H2,1-2H3. The average Bonchev–Trinajstić information content (AvgIpc) is 2.73. The average molecular weight is 321 g/mol. The Morgan fingerprint density at radius 1 is 1.38 bits per heavy atom. The Kier molecular flexibility index (Phi) is 4.66. The molecule has 0 aliphatic rings. The summed E-state index contributed by atoms with van der Waals surface area (Å²) in [6, 6.07) is 4.42. The summed E-state index contributed by atoms with van der Waals surface area (Å²) in [6.45, 7) is 1.54. The molecule has 1 aromatic heterocycles. The fraction of sp³-hybridized carbons (Fsp3) is 0.500. The highest BCUT2D eigenvalue weighted by Crippen LogP contribution is 2.32. The van der Waals surface area contributed by atoms with Gasteiger partial charge in [0, 0.05) is 24.4 Å². The van der Waals surface area contributed by atoms with E-state index in [0.29, 0.717) is 34.9 Å². The molecular formula is C14H16ClF3N2O. The van der Waals surface area contributed by atoms with Crippen LogP contribution in [0, 0.1) is 0 Å². The van der Waals surface area contributed by atoms with E-state index in [1.54, 1.807) is 22.8 Å². The van der Waals surface area contributed by atoms with Crippen LogP contribution in [-0.4, -0.2) is 28.7 Å². The highest BCUT2D eigenvalue weighted by Gasteiger charge is 2.32. The van der Waals surface area contributed by atoms with Crippen LogP contribution in [-0.2, 0) is 6.42 Å². The third kappa shape index (κ3) is 3.61. The molecule has 0 radical (unpaired) electrons. The van der Waals surface area contributed by atoms with Crippen LogP contribution in [0.2, 0.25) is 0 Å². The van der Waals surface area contributed by atoms with E-state index in [0.717, 1.165) is 0 Å². The number of imidazole rings is 1. The lowest BCUT2D eigenvalue weighted by atomic mass is 10.2. The van der Waals surface area contributed by atoms with Crippen molar-refractivity contribution in [3.05, 3.63) is 24.0 Å². The minimum atomic E-state index is -4.22. The van der Waals surface area contributed by atoms with Gasteiger partial charge in [0.15, 0.2) is 0 Å². The van der Waals surface area contributed by atoms with Crippen LogP contribution in [0.3, 0.4) is 0 Å². The van der Waals surface area contributed by atoms with Crippen LogP contribution in [0.4, 0.5) is 13.2 Å². The molecule has 0 aliphatic heterocycles. The number of halogens is 4. The van der Waals surface area contributed by atoms with Gasteiger partial charge in [-0.25, -0.2) is 4.98 Å². The van der Waals surface area contributed by atoms with Crippen molar-refractivity contribution < 1.29 is 17.9 Å². The molecule has 7 heteroatoms. The molecule has 0 spiro atoms. The molecule has 2 rings (SSSR count). The molecule has 3 nitrogen and oxygen atoms in total. The summed E-state index contributed by atoms with van der Waals surface area (Å²) in [4.78, 5) is 4.39. The maximum absolute atomic E-state index is 12.7. The third-order valence-electron chi connectivity index (χ3n) is 3.26. The number of aryl methyl sites for hydroxylation is 1. The number of fused-ring (bicyclic) bond motifs is 1. The number of nitrogens with zero attached hydrogens (tertiary/aromatic N) is 2. The number of ether oxygens (including phenoxy) is 1. The summed E-state index contributed by atoms with van der Waals surface area (Å²) in [5, 5.41) is 0. The smallest absolute Gasteiger partial charge is 0.391 e. The Labute approximate surface area is 125 Å². The van der Waals surface area contributed by atoms with Crippen molar-refractivity contribution in [3.63, 3.8) is 0 Å². The molecule has 116 valence electrons. The molecule has 0 N–H and O–H groups in total. The summed E-state index contributed by atoms with van der Waals surface area (Å²) in [5.41, 5.74) is 1.27. The van der Waals surface area contributed by atoms with Gasteiger partial charge in [-0.2, -0.15) is 13.2 Å². The zero-order valence-electron chi connectivity index (χ0n) is 11.7. The number of hydrogen-bond acceptors (Lipinski definition) is 2. The number of alkyl halides is 4. The summed E-state index contributed by atoms with van der Waals surface area (Å²) in [6.07, 6.45) is -4.71. The van der Waals surface area contributed by atoms with Crippen molar-refractivity contribution in [1.82, 2.24) is 9.55 Å². The van der Waals surface area contributed by atoms with Gasteiger partial charge in [-0.05, 0) is 19.1 Å². The Morgan fingerprint density at radius 3 is 2.67 bits per heavy atom. The van der Waals surface area contributed by atoms with Crippen LogP contribution in [0.25, 0.3) is 11.0 Å². The van der Waals surface area contributed by atoms with Crippen LogP contribution in [0.1, 0.15) is 25.2 Å². The quantitative estimate of drug-likeness (QED) is 0.766. The Morgan fingerprint density at radius 2 is 2.10 bits per heavy atom. The molecule has 0 saturated carbocycles. The number of methoxy groups -OCH3 is 1. The Hall–Kier alpha value is -1.43. The molecule has 0 aliphatic carbocycles. The van der Waals surface area contributed by atoms with E-state index in [-0.39, 0.29) is 0 Å². The number of rotatable bonds is 5. The van der Waals surface area contributed by atoms with Crippen molar-refractivity contribution in [2.24, 2.45) is 0 Å². The van der Waals surface area contributed by atoms with Crippen molar-refractivity contribution in [2.75, 3.05) is 13.0 Å². The molecule has 0 bridgehead atoms. The fourth-order valence-corrected chi connectivity index (χ4v) is 2.60. The van der Waals surface area contributed by atoms with E-state index in [1.165, 1.54) is 14.0 Å². The van der Waals surface area contributed by atoms with Gasteiger partial charge in [-0.15, -0.1) is 11.6 Å². The lowest BCUT2D eigenvalue weighted by molar-refractivity contribution is -0.141. The van der Waals surface area contributed by atoms with Crippen molar-refractivity contribution in [1.29, 1.82) is 0 Å². The van der Waals surface area contributed by atoms with E-state index in [4.69, 9.17) is 16.3 Å². The molecule has 21 heavy (non-hydrogen) atoms. The van der Waals surface area contributed by atoms with Gasteiger partial charge in [-0.1, -0.05) is 0 Å². The first-order valence-electron chi connectivity index (χ1n) is 6.53. The lowest BCUT2D eigenvalue weighted by Gasteiger charge is -2.19. The largest absolute Gasteiger partial charge is 0.497 e. The molecule has 1 aromatic carbocycles. The van der Waals surface area contributed by atoms with E-state index in [9.17, 15) is 13.2 Å². The van der Waals surface area contributed by atoms with Gasteiger partial charge >= 0.3 is 6.18 Å². The molecule has 1 heterocycles. The summed E-state index contributed by atoms with van der Waals surface area (Å²) in [7, 11) is 1.53. The zero-order chi connectivity index (χ0) is 15.6. The topological polar surface area (TPSA) is 27.1 Å². The SMILES string of the molecule is COc1ccc2c(c1)nc(CCCl)n2C(C)CC(F)(F)F. The molecule has 1 atom stereocenters. The highest BCUT2D eigenvalue weighted by molar-refractivity contribution is 6.17. The van der Waals surface area contributed by atoms with E-state index in [2.05, 4.69) is 4.98 Å². The second-order valence-corrected chi connectivity index (χ2v) is 5.24. The van der Waals surface area contributed by atoms with Crippen molar-refractivity contribution in [3.8, 4) is 5.75 Å². The highest BCUT2D eigenvalue weighted by atomic mass is 35.5. The molecule has 0 amide bonds. The first-order chi connectivity index (χ1) is 9.85. The number of hydrogen-bond donors (Lipinski definition) is 0. The third-order valence-corrected chi connectivity index (χ3v) is 3.44. The van der Waals surface area contributed by atoms with Gasteiger partial charge in [0.25, 0.3) is 0 Å². The van der Waals surface area contributed by atoms with Crippen LogP contribution in [0.5, 0.6) is 5.75 Å². The van der Waals surface area contributed by atoms with Gasteiger partial charge in [-0.3, -0.25) is 0 Å². The summed E-state index contributed by atoms with van der Waals surface area (Å²) >= 11 is 5.73. The van der Waals surface area contributed by atoms with Crippen molar-refractivity contribution in [2.45, 2.75) is 32.0 Å². The Balaban J connectivity index is 2.50. The minimum absolute atomic E-state index is 0.305. The molecule has 1 unspecified atom stereocenters. The van der Waals surface area contributed by atoms with E-state index < -0.39 is 18.6 Å². The van der Waals surface area contributed by atoms with Gasteiger partial charge in [0.1, 0.15) is 11.6 Å². The summed E-state index contributed by atoms with van der Waals surface area (Å²) in [5.74, 6) is 1.48. The molecule has 0 fully saturated rings. The number of aromatic nitrogens is 2. The van der Waals surface area contributed by atoms with Gasteiger partial charge in [0.2, 0.25) is 0 Å². The lowest BCUT2D eigenvalue weighted by Crippen LogP contribution is -2.18. The van der Waals surface area contributed by atoms with E-state index in [1.807, 2.05) is 0 Å². The maximum Gasteiger partial charge on any atom is 0.391 e. The van der Waals surface area contributed by atoms with Crippen molar-refractivity contribution >= 4 is 22.6 Å². The fourth-order valence-electron chi connectivity index (χ4n) is 2.43. The monoisotopic (exact) mass is 320 g/mol. The zero-order valence-corrected chi connectivity index (χ0v) is 12.5. The maximum atomic E-state index is 12.7. The number of benzene rings is 1. The van der Waals surface area contributed by atoms with E-state index >= 15 is 0 Å². The molecule has 0 saturated heterocycles. The second-order valence-electron chi connectivity index (χ2n) is 4.86. The van der Waals surface area contributed by atoms with Crippen LogP contribution >= 0.6 is 11.6 Å². The predicted octanol–water partition coefficient (Wildman–Crippen LogP) is 4.34. The predicted molar refractivity (Wildman–Crippen MR) is 76.1 cm³/mol. The second kappa shape index (κ2) is 6.13. The summed E-state index contributed by atoms with van der Waals surface area (Å²) < 4.78 is 44.7. The molecule has 2 aromatic rings.